The summed E-state index contributed by atoms with van der Waals surface area (Å²) in [6.45, 7) is 2.57. The number of carbonyl (C=O) groups is 2. The molecule has 5 heteroatoms. The molecule has 1 aliphatic carbocycles. The molecule has 0 spiro atoms. The van der Waals surface area contributed by atoms with E-state index in [-0.39, 0.29) is 24.3 Å². The molecule has 0 radical (unpaired) electrons. The lowest BCUT2D eigenvalue weighted by Crippen LogP contribution is -2.25. The largest absolute Gasteiger partial charge is 0.396 e. The Labute approximate surface area is 118 Å². The van der Waals surface area contributed by atoms with Crippen LogP contribution >= 0.6 is 0 Å². The van der Waals surface area contributed by atoms with E-state index in [2.05, 4.69) is 17.6 Å². The Kier molecular flexibility index (Phi) is 4.74. The minimum Gasteiger partial charge on any atom is -0.396 e. The molecule has 1 aromatic rings. The van der Waals surface area contributed by atoms with Crippen molar-refractivity contribution < 1.29 is 14.7 Å². The van der Waals surface area contributed by atoms with Gasteiger partial charge in [-0.15, -0.1) is 0 Å². The first-order chi connectivity index (χ1) is 9.61. The number of aliphatic hydroxyl groups is 1. The number of aliphatic hydroxyl groups excluding tert-OH is 1. The van der Waals surface area contributed by atoms with Crippen LogP contribution in [0.3, 0.4) is 0 Å². The summed E-state index contributed by atoms with van der Waals surface area (Å²) in [6.07, 6.45) is 1.50. The molecule has 1 aliphatic rings. The lowest BCUT2D eigenvalue weighted by molar-refractivity contribution is -0.117. The van der Waals surface area contributed by atoms with E-state index >= 15 is 0 Å². The van der Waals surface area contributed by atoms with Crippen LogP contribution in [0, 0.1) is 11.8 Å². The van der Waals surface area contributed by atoms with Crippen LogP contribution in [0.25, 0.3) is 0 Å². The summed E-state index contributed by atoms with van der Waals surface area (Å²) < 4.78 is 0. The Hall–Kier alpha value is -1.88. The van der Waals surface area contributed by atoms with Crippen molar-refractivity contribution in [2.75, 3.05) is 18.5 Å². The van der Waals surface area contributed by atoms with Crippen LogP contribution in [-0.2, 0) is 4.79 Å². The molecule has 0 aromatic heterocycles. The number of anilines is 1. The maximum atomic E-state index is 11.8. The van der Waals surface area contributed by atoms with Crippen LogP contribution in [0.15, 0.2) is 24.3 Å². The molecule has 0 aliphatic heterocycles. The van der Waals surface area contributed by atoms with Crippen molar-refractivity contribution in [3.8, 4) is 0 Å². The minimum absolute atomic E-state index is 0.0534. The summed E-state index contributed by atoms with van der Waals surface area (Å²) in [4.78, 5) is 23.5. The van der Waals surface area contributed by atoms with E-state index in [0.717, 1.165) is 6.42 Å². The first kappa shape index (κ1) is 14.5. The van der Waals surface area contributed by atoms with E-state index in [1.54, 1.807) is 24.3 Å². The number of nitrogens with one attached hydrogen (secondary N) is 2. The van der Waals surface area contributed by atoms with Crippen LogP contribution in [0.1, 0.15) is 30.1 Å². The summed E-state index contributed by atoms with van der Waals surface area (Å²) >= 11 is 0. The van der Waals surface area contributed by atoms with E-state index in [1.807, 2.05) is 0 Å². The normalized spacial score (nSPS) is 20.3. The zero-order chi connectivity index (χ0) is 14.5. The molecule has 2 rings (SSSR count). The van der Waals surface area contributed by atoms with Crippen molar-refractivity contribution in [2.24, 2.45) is 11.8 Å². The second-order valence-corrected chi connectivity index (χ2v) is 5.22. The molecule has 1 saturated carbocycles. The Morgan fingerprint density at radius 3 is 2.50 bits per heavy atom. The lowest BCUT2D eigenvalue weighted by atomic mass is 10.2. The SMILES string of the molecule is CC1CC1C(=O)Nc1ccc(C(=O)NCCCO)cc1. The van der Waals surface area contributed by atoms with E-state index < -0.39 is 0 Å². The number of hydrogen-bond acceptors (Lipinski definition) is 3. The van der Waals surface area contributed by atoms with Crippen molar-refractivity contribution in [3.05, 3.63) is 29.8 Å². The van der Waals surface area contributed by atoms with Gasteiger partial charge in [0.05, 0.1) is 0 Å². The number of carbonyl (C=O) groups excluding carboxylic acids is 2. The molecular weight excluding hydrogens is 256 g/mol. The molecule has 0 saturated heterocycles. The Morgan fingerprint density at radius 2 is 1.95 bits per heavy atom. The molecule has 2 unspecified atom stereocenters. The molecule has 1 fully saturated rings. The third-order valence-corrected chi connectivity index (χ3v) is 3.48. The molecule has 2 atom stereocenters. The molecule has 0 heterocycles. The predicted molar refractivity (Wildman–Crippen MR) is 76.4 cm³/mol. The molecule has 1 aromatic carbocycles. The fraction of sp³-hybridized carbons (Fsp3) is 0.467. The monoisotopic (exact) mass is 276 g/mol. The fourth-order valence-electron chi connectivity index (χ4n) is 2.01. The van der Waals surface area contributed by atoms with Crippen molar-refractivity contribution in [2.45, 2.75) is 19.8 Å². The number of hydrogen-bond donors (Lipinski definition) is 3. The van der Waals surface area contributed by atoms with Crippen molar-refractivity contribution in [1.29, 1.82) is 0 Å². The highest BCUT2D eigenvalue weighted by Gasteiger charge is 2.38. The maximum Gasteiger partial charge on any atom is 0.251 e. The smallest absolute Gasteiger partial charge is 0.251 e. The maximum absolute atomic E-state index is 11.8. The van der Waals surface area contributed by atoms with E-state index in [4.69, 9.17) is 5.11 Å². The zero-order valence-corrected chi connectivity index (χ0v) is 11.6. The topological polar surface area (TPSA) is 78.4 Å². The van der Waals surface area contributed by atoms with E-state index in [0.29, 0.717) is 30.1 Å². The fourth-order valence-corrected chi connectivity index (χ4v) is 2.01. The minimum atomic E-state index is -0.174. The first-order valence-corrected chi connectivity index (χ1v) is 6.92. The Morgan fingerprint density at radius 1 is 1.30 bits per heavy atom. The third kappa shape index (κ3) is 3.81. The van der Waals surface area contributed by atoms with Crippen LogP contribution in [0.2, 0.25) is 0 Å². The molecule has 2 amide bonds. The first-order valence-electron chi connectivity index (χ1n) is 6.92. The second kappa shape index (κ2) is 6.52. The van der Waals surface area contributed by atoms with Gasteiger partial charge >= 0.3 is 0 Å². The highest BCUT2D eigenvalue weighted by Crippen LogP contribution is 2.38. The van der Waals surface area contributed by atoms with E-state index in [1.165, 1.54) is 0 Å². The highest BCUT2D eigenvalue weighted by atomic mass is 16.3. The predicted octanol–water partition coefficient (Wildman–Crippen LogP) is 1.39. The third-order valence-electron chi connectivity index (χ3n) is 3.48. The van der Waals surface area contributed by atoms with Crippen LogP contribution < -0.4 is 10.6 Å². The summed E-state index contributed by atoms with van der Waals surface area (Å²) in [5.74, 6) is 0.493. The molecule has 5 nitrogen and oxygen atoms in total. The number of amides is 2. The standard InChI is InChI=1S/C15H20N2O3/c1-10-9-13(10)15(20)17-12-5-3-11(4-6-12)14(19)16-7-2-8-18/h3-6,10,13,18H,2,7-9H2,1H3,(H,16,19)(H,17,20). The highest BCUT2D eigenvalue weighted by molar-refractivity contribution is 5.96. The van der Waals surface area contributed by atoms with Gasteiger partial charge in [0.2, 0.25) is 5.91 Å². The van der Waals surface area contributed by atoms with Crippen molar-refractivity contribution >= 4 is 17.5 Å². The molecule has 20 heavy (non-hydrogen) atoms. The molecule has 3 N–H and O–H groups in total. The van der Waals surface area contributed by atoms with Gasteiger partial charge in [-0.3, -0.25) is 9.59 Å². The summed E-state index contributed by atoms with van der Waals surface area (Å²) in [7, 11) is 0. The lowest BCUT2D eigenvalue weighted by Gasteiger charge is -2.07. The molecular formula is C15H20N2O3. The quantitative estimate of drug-likeness (QED) is 0.687. The van der Waals surface area contributed by atoms with Gasteiger partial charge in [-0.05, 0) is 43.0 Å². The zero-order valence-electron chi connectivity index (χ0n) is 11.6. The van der Waals surface area contributed by atoms with E-state index in [9.17, 15) is 9.59 Å². The second-order valence-electron chi connectivity index (χ2n) is 5.22. The van der Waals surface area contributed by atoms with Crippen LogP contribution in [-0.4, -0.2) is 30.1 Å². The van der Waals surface area contributed by atoms with Crippen molar-refractivity contribution in [1.82, 2.24) is 5.32 Å². The average Bonchev–Trinajstić information content (AvgIpc) is 3.17. The Balaban J connectivity index is 1.86. The van der Waals surface area contributed by atoms with Crippen LogP contribution in [0.4, 0.5) is 5.69 Å². The van der Waals surface area contributed by atoms with Crippen molar-refractivity contribution in [3.63, 3.8) is 0 Å². The average molecular weight is 276 g/mol. The van der Waals surface area contributed by atoms with Gasteiger partial charge in [0.15, 0.2) is 0 Å². The van der Waals surface area contributed by atoms with Gasteiger partial charge in [0.1, 0.15) is 0 Å². The molecule has 0 bridgehead atoms. The number of benzene rings is 1. The summed E-state index contributed by atoms with van der Waals surface area (Å²) in [6, 6.07) is 6.82. The number of rotatable bonds is 6. The Bertz CT molecular complexity index is 484. The summed E-state index contributed by atoms with van der Waals surface area (Å²) in [5, 5.41) is 14.2. The van der Waals surface area contributed by atoms with Gasteiger partial charge in [-0.1, -0.05) is 6.92 Å². The summed E-state index contributed by atoms with van der Waals surface area (Å²) in [5.41, 5.74) is 1.25. The molecule has 108 valence electrons. The van der Waals surface area contributed by atoms with Gasteiger partial charge in [0, 0.05) is 30.3 Å². The van der Waals surface area contributed by atoms with Gasteiger partial charge in [-0.25, -0.2) is 0 Å². The van der Waals surface area contributed by atoms with Gasteiger partial charge in [0.25, 0.3) is 5.91 Å². The van der Waals surface area contributed by atoms with Crippen LogP contribution in [0.5, 0.6) is 0 Å². The van der Waals surface area contributed by atoms with Gasteiger partial charge in [-0.2, -0.15) is 0 Å². The van der Waals surface area contributed by atoms with Gasteiger partial charge < -0.3 is 15.7 Å².